The van der Waals surface area contributed by atoms with Crippen molar-refractivity contribution in [3.63, 3.8) is 0 Å². The van der Waals surface area contributed by atoms with Crippen LogP contribution in [0.15, 0.2) is 24.3 Å². The van der Waals surface area contributed by atoms with E-state index in [0.29, 0.717) is 6.61 Å². The zero-order chi connectivity index (χ0) is 14.8. The Kier molecular flexibility index (Phi) is 7.73. The fourth-order valence-corrected chi connectivity index (χ4v) is 1.94. The van der Waals surface area contributed by atoms with Crippen LogP contribution in [0.25, 0.3) is 0 Å². The molecule has 0 bridgehead atoms. The fraction of sp³-hybridized carbons (Fsp3) is 0.562. The molecule has 4 heteroatoms. The summed E-state index contributed by atoms with van der Waals surface area (Å²) >= 11 is 0. The average Bonchev–Trinajstić information content (AvgIpc) is 2.40. The van der Waals surface area contributed by atoms with Gasteiger partial charge in [-0.25, -0.2) is 0 Å². The molecule has 0 saturated carbocycles. The molecule has 0 aliphatic rings. The van der Waals surface area contributed by atoms with Crippen LogP contribution in [0.3, 0.4) is 0 Å². The molecule has 0 aliphatic carbocycles. The number of unbranched alkanes of at least 4 members (excludes halogenated alkanes) is 2. The monoisotopic (exact) mass is 279 g/mol. The minimum Gasteiger partial charge on any atom is -0.492 e. The quantitative estimate of drug-likeness (QED) is 0.669. The Hall–Kier alpha value is -1.55. The largest absolute Gasteiger partial charge is 0.492 e. The summed E-state index contributed by atoms with van der Waals surface area (Å²) in [6, 6.07) is 7.26. The Morgan fingerprint density at radius 2 is 1.90 bits per heavy atom. The van der Waals surface area contributed by atoms with Crippen molar-refractivity contribution in [2.24, 2.45) is 0 Å². The van der Waals surface area contributed by atoms with Crippen molar-refractivity contribution in [1.82, 2.24) is 4.90 Å². The van der Waals surface area contributed by atoms with E-state index in [9.17, 15) is 4.79 Å². The molecule has 112 valence electrons. The molecule has 0 spiro atoms. The molecule has 0 amide bonds. The van der Waals surface area contributed by atoms with Crippen LogP contribution in [0.2, 0.25) is 0 Å². The van der Waals surface area contributed by atoms with Gasteiger partial charge in [0.1, 0.15) is 12.4 Å². The number of rotatable bonds is 10. The summed E-state index contributed by atoms with van der Waals surface area (Å²) in [5, 5.41) is 8.69. The van der Waals surface area contributed by atoms with E-state index in [-0.39, 0.29) is 6.42 Å². The maximum Gasteiger partial charge on any atom is 0.307 e. The first-order valence-corrected chi connectivity index (χ1v) is 7.24. The second-order valence-corrected chi connectivity index (χ2v) is 5.07. The van der Waals surface area contributed by atoms with Crippen LogP contribution in [0.4, 0.5) is 0 Å². The zero-order valence-electron chi connectivity index (χ0n) is 12.5. The number of ether oxygens (including phenoxy) is 1. The highest BCUT2D eigenvalue weighted by molar-refractivity contribution is 5.70. The molecule has 0 heterocycles. The van der Waals surface area contributed by atoms with Crippen molar-refractivity contribution in [3.05, 3.63) is 29.8 Å². The highest BCUT2D eigenvalue weighted by atomic mass is 16.5. The van der Waals surface area contributed by atoms with Crippen molar-refractivity contribution in [2.75, 3.05) is 26.7 Å². The molecule has 0 aromatic heterocycles. The number of aliphatic carboxylic acids is 1. The van der Waals surface area contributed by atoms with Gasteiger partial charge in [-0.2, -0.15) is 0 Å². The van der Waals surface area contributed by atoms with Gasteiger partial charge >= 0.3 is 5.97 Å². The van der Waals surface area contributed by atoms with Crippen LogP contribution in [0.5, 0.6) is 5.75 Å². The highest BCUT2D eigenvalue weighted by Gasteiger charge is 2.02. The van der Waals surface area contributed by atoms with Crippen LogP contribution >= 0.6 is 0 Å². The molecule has 0 fully saturated rings. The zero-order valence-corrected chi connectivity index (χ0v) is 12.5. The van der Waals surface area contributed by atoms with E-state index in [1.54, 1.807) is 12.1 Å². The fourth-order valence-electron chi connectivity index (χ4n) is 1.94. The minimum absolute atomic E-state index is 0.0560. The van der Waals surface area contributed by atoms with Crippen molar-refractivity contribution < 1.29 is 14.6 Å². The molecule has 1 N–H and O–H groups in total. The lowest BCUT2D eigenvalue weighted by Crippen LogP contribution is -2.25. The molecule has 4 nitrogen and oxygen atoms in total. The van der Waals surface area contributed by atoms with Gasteiger partial charge in [0.2, 0.25) is 0 Å². The maximum absolute atomic E-state index is 10.6. The minimum atomic E-state index is -0.813. The maximum atomic E-state index is 10.6. The van der Waals surface area contributed by atoms with Gasteiger partial charge < -0.3 is 14.7 Å². The lowest BCUT2D eigenvalue weighted by molar-refractivity contribution is -0.136. The molecule has 20 heavy (non-hydrogen) atoms. The Labute approximate surface area is 121 Å². The Morgan fingerprint density at radius 3 is 2.50 bits per heavy atom. The summed E-state index contributed by atoms with van der Waals surface area (Å²) in [5.41, 5.74) is 0.793. The summed E-state index contributed by atoms with van der Waals surface area (Å²) in [5.74, 6) is -0.0199. The van der Waals surface area contributed by atoms with Crippen molar-refractivity contribution in [1.29, 1.82) is 0 Å². The van der Waals surface area contributed by atoms with Gasteiger partial charge in [0.25, 0.3) is 0 Å². The molecular formula is C16H25NO3. The lowest BCUT2D eigenvalue weighted by Gasteiger charge is -2.16. The Bertz CT molecular complexity index is 389. The predicted octanol–water partition coefficient (Wildman–Crippen LogP) is 2.81. The summed E-state index contributed by atoms with van der Waals surface area (Å²) in [6.45, 7) is 4.87. The van der Waals surface area contributed by atoms with Gasteiger partial charge in [-0.3, -0.25) is 4.79 Å². The van der Waals surface area contributed by atoms with Gasteiger partial charge in [-0.15, -0.1) is 0 Å². The van der Waals surface area contributed by atoms with E-state index >= 15 is 0 Å². The van der Waals surface area contributed by atoms with E-state index in [4.69, 9.17) is 9.84 Å². The van der Waals surface area contributed by atoms with E-state index in [1.165, 1.54) is 19.3 Å². The van der Waals surface area contributed by atoms with E-state index < -0.39 is 5.97 Å². The number of hydrogen-bond donors (Lipinski definition) is 1. The normalized spacial score (nSPS) is 10.8. The number of nitrogens with zero attached hydrogens (tertiary/aromatic N) is 1. The standard InChI is InChI=1S/C16H25NO3/c1-3-4-5-10-17(2)11-12-20-15-8-6-14(7-9-15)13-16(18)19/h6-9H,3-5,10-13H2,1-2H3,(H,18,19). The van der Waals surface area contributed by atoms with Crippen LogP contribution in [0, 0.1) is 0 Å². The van der Waals surface area contributed by atoms with Crippen LogP contribution in [-0.2, 0) is 11.2 Å². The summed E-state index contributed by atoms with van der Waals surface area (Å²) in [6.07, 6.45) is 3.81. The third-order valence-electron chi connectivity index (χ3n) is 3.16. The van der Waals surface area contributed by atoms with Crippen LogP contribution in [-0.4, -0.2) is 42.7 Å². The van der Waals surface area contributed by atoms with Gasteiger partial charge in [0, 0.05) is 6.54 Å². The molecule has 0 aliphatic heterocycles. The summed E-state index contributed by atoms with van der Waals surface area (Å²) < 4.78 is 5.65. The van der Waals surface area contributed by atoms with Gasteiger partial charge in [-0.05, 0) is 37.7 Å². The first-order chi connectivity index (χ1) is 9.61. The van der Waals surface area contributed by atoms with Crippen molar-refractivity contribution in [2.45, 2.75) is 32.6 Å². The first kappa shape index (κ1) is 16.5. The topological polar surface area (TPSA) is 49.8 Å². The number of likely N-dealkylation sites (N-methyl/N-ethyl adjacent to an activating group) is 1. The van der Waals surface area contributed by atoms with E-state index in [2.05, 4.69) is 18.9 Å². The van der Waals surface area contributed by atoms with Gasteiger partial charge in [-0.1, -0.05) is 31.9 Å². The molecule has 0 unspecified atom stereocenters. The summed E-state index contributed by atoms with van der Waals surface area (Å²) in [7, 11) is 2.11. The number of carbonyl (C=O) groups is 1. The van der Waals surface area contributed by atoms with Crippen molar-refractivity contribution in [3.8, 4) is 5.75 Å². The number of hydrogen-bond acceptors (Lipinski definition) is 3. The summed E-state index contributed by atoms with van der Waals surface area (Å²) in [4.78, 5) is 12.8. The van der Waals surface area contributed by atoms with Crippen LogP contribution < -0.4 is 4.74 Å². The molecule has 0 radical (unpaired) electrons. The number of carboxylic acids is 1. The highest BCUT2D eigenvalue weighted by Crippen LogP contribution is 2.12. The molecule has 1 aromatic carbocycles. The number of carboxylic acid groups (broad SMARTS) is 1. The second-order valence-electron chi connectivity index (χ2n) is 5.07. The van der Waals surface area contributed by atoms with Crippen LogP contribution in [0.1, 0.15) is 31.7 Å². The number of benzene rings is 1. The molecule has 1 rings (SSSR count). The molecule has 0 atom stereocenters. The van der Waals surface area contributed by atoms with Gasteiger partial charge in [0.05, 0.1) is 6.42 Å². The van der Waals surface area contributed by atoms with Gasteiger partial charge in [0.15, 0.2) is 0 Å². The second kappa shape index (κ2) is 9.37. The SMILES string of the molecule is CCCCCN(C)CCOc1ccc(CC(=O)O)cc1. The lowest BCUT2D eigenvalue weighted by atomic mass is 10.1. The third-order valence-corrected chi connectivity index (χ3v) is 3.16. The predicted molar refractivity (Wildman–Crippen MR) is 80.3 cm³/mol. The smallest absolute Gasteiger partial charge is 0.307 e. The molecule has 0 saturated heterocycles. The first-order valence-electron chi connectivity index (χ1n) is 7.24. The van der Waals surface area contributed by atoms with E-state index in [1.807, 2.05) is 12.1 Å². The Morgan fingerprint density at radius 1 is 1.20 bits per heavy atom. The molecule has 1 aromatic rings. The van der Waals surface area contributed by atoms with E-state index in [0.717, 1.165) is 24.4 Å². The average molecular weight is 279 g/mol. The third kappa shape index (κ3) is 7.14. The Balaban J connectivity index is 2.23. The molecular weight excluding hydrogens is 254 g/mol. The van der Waals surface area contributed by atoms with Crippen molar-refractivity contribution >= 4 is 5.97 Å².